The number of fused-ring (bicyclic) bond motifs is 2. The number of hydrogen-bond acceptors (Lipinski definition) is 2. The van der Waals surface area contributed by atoms with Crippen molar-refractivity contribution in [2.24, 2.45) is 0 Å². The first-order chi connectivity index (χ1) is 12.2. The second kappa shape index (κ2) is 7.84. The van der Waals surface area contributed by atoms with Crippen molar-refractivity contribution in [3.8, 4) is 5.75 Å². The molecule has 0 bridgehead atoms. The SMILES string of the molecule is COc1cccc2c1CCCC2.O=C(O)c1ccc2ccccc2c1. The lowest BCUT2D eigenvalue weighted by atomic mass is 9.91. The summed E-state index contributed by atoms with van der Waals surface area (Å²) in [4.78, 5) is 10.6. The summed E-state index contributed by atoms with van der Waals surface area (Å²) in [6, 6.07) is 19.2. The van der Waals surface area contributed by atoms with E-state index < -0.39 is 5.97 Å². The highest BCUT2D eigenvalue weighted by atomic mass is 16.5. The van der Waals surface area contributed by atoms with Crippen LogP contribution >= 0.6 is 0 Å². The zero-order chi connectivity index (χ0) is 17.6. The van der Waals surface area contributed by atoms with Crippen molar-refractivity contribution in [1.29, 1.82) is 0 Å². The van der Waals surface area contributed by atoms with Crippen LogP contribution in [0.5, 0.6) is 5.75 Å². The summed E-state index contributed by atoms with van der Waals surface area (Å²) in [6.07, 6.45) is 5.07. The van der Waals surface area contributed by atoms with E-state index in [9.17, 15) is 4.79 Å². The summed E-state index contributed by atoms with van der Waals surface area (Å²) in [5.41, 5.74) is 3.26. The Morgan fingerprint density at radius 3 is 2.44 bits per heavy atom. The fourth-order valence-corrected chi connectivity index (χ4v) is 3.26. The van der Waals surface area contributed by atoms with Gasteiger partial charge in [-0.1, -0.05) is 42.5 Å². The Morgan fingerprint density at radius 2 is 1.68 bits per heavy atom. The molecule has 3 nitrogen and oxygen atoms in total. The second-order valence-electron chi connectivity index (χ2n) is 6.17. The van der Waals surface area contributed by atoms with Crippen molar-refractivity contribution in [1.82, 2.24) is 0 Å². The van der Waals surface area contributed by atoms with Gasteiger partial charge in [-0.15, -0.1) is 0 Å². The Balaban J connectivity index is 0.000000146. The Hall–Kier alpha value is -2.81. The number of carboxylic acid groups (broad SMARTS) is 1. The maximum atomic E-state index is 10.6. The van der Waals surface area contributed by atoms with Crippen LogP contribution in [0.15, 0.2) is 60.7 Å². The van der Waals surface area contributed by atoms with Crippen molar-refractivity contribution in [3.63, 3.8) is 0 Å². The molecule has 3 aromatic rings. The lowest BCUT2D eigenvalue weighted by molar-refractivity contribution is 0.0697. The van der Waals surface area contributed by atoms with Gasteiger partial charge in [-0.25, -0.2) is 4.79 Å². The molecular weight excluding hydrogens is 312 g/mol. The predicted molar refractivity (Wildman–Crippen MR) is 101 cm³/mol. The van der Waals surface area contributed by atoms with Crippen LogP contribution in [-0.2, 0) is 12.8 Å². The van der Waals surface area contributed by atoms with E-state index in [0.717, 1.165) is 16.5 Å². The summed E-state index contributed by atoms with van der Waals surface area (Å²) < 4.78 is 5.31. The number of aryl methyl sites for hydroxylation is 1. The van der Waals surface area contributed by atoms with Crippen molar-refractivity contribution < 1.29 is 14.6 Å². The normalized spacial score (nSPS) is 12.7. The first-order valence-corrected chi connectivity index (χ1v) is 8.56. The number of carbonyl (C=O) groups is 1. The monoisotopic (exact) mass is 334 g/mol. The van der Waals surface area contributed by atoms with Gasteiger partial charge in [0.15, 0.2) is 0 Å². The predicted octanol–water partition coefficient (Wildman–Crippen LogP) is 5.11. The van der Waals surface area contributed by atoms with E-state index >= 15 is 0 Å². The molecule has 4 rings (SSSR count). The van der Waals surface area contributed by atoms with Gasteiger partial charge in [-0.2, -0.15) is 0 Å². The number of carboxylic acids is 1. The Labute approximate surface area is 147 Å². The van der Waals surface area contributed by atoms with Crippen molar-refractivity contribution in [2.45, 2.75) is 25.7 Å². The lowest BCUT2D eigenvalue weighted by Gasteiger charge is -2.17. The minimum absolute atomic E-state index is 0.332. The molecule has 1 aliphatic carbocycles. The topological polar surface area (TPSA) is 46.5 Å². The summed E-state index contributed by atoms with van der Waals surface area (Å²) in [5, 5.41) is 10.8. The van der Waals surface area contributed by atoms with E-state index in [-0.39, 0.29) is 0 Å². The molecule has 0 saturated carbocycles. The second-order valence-corrected chi connectivity index (χ2v) is 6.17. The third-order valence-corrected chi connectivity index (χ3v) is 4.57. The number of ether oxygens (including phenoxy) is 1. The third-order valence-electron chi connectivity index (χ3n) is 4.57. The van der Waals surface area contributed by atoms with Gasteiger partial charge in [-0.3, -0.25) is 0 Å². The molecule has 0 amide bonds. The highest BCUT2D eigenvalue weighted by Gasteiger charge is 2.12. The van der Waals surface area contributed by atoms with E-state index in [1.165, 1.54) is 36.8 Å². The highest BCUT2D eigenvalue weighted by Crippen LogP contribution is 2.28. The molecule has 0 spiro atoms. The van der Waals surface area contributed by atoms with Crippen molar-refractivity contribution in [2.75, 3.05) is 7.11 Å². The van der Waals surface area contributed by atoms with Crippen LogP contribution in [0.1, 0.15) is 34.3 Å². The van der Waals surface area contributed by atoms with Crippen LogP contribution in [0.3, 0.4) is 0 Å². The van der Waals surface area contributed by atoms with Crippen LogP contribution in [0.4, 0.5) is 0 Å². The lowest BCUT2D eigenvalue weighted by Crippen LogP contribution is -2.04. The molecule has 0 atom stereocenters. The number of rotatable bonds is 2. The molecule has 128 valence electrons. The van der Waals surface area contributed by atoms with Gasteiger partial charge < -0.3 is 9.84 Å². The molecule has 0 saturated heterocycles. The molecule has 3 aromatic carbocycles. The Bertz CT molecular complexity index is 869. The summed E-state index contributed by atoms with van der Waals surface area (Å²) in [5.74, 6) is 0.193. The zero-order valence-electron chi connectivity index (χ0n) is 14.4. The molecular formula is C22H22O3. The molecule has 0 fully saturated rings. The van der Waals surface area contributed by atoms with Crippen LogP contribution in [0.25, 0.3) is 10.8 Å². The first kappa shape index (κ1) is 17.0. The van der Waals surface area contributed by atoms with Crippen molar-refractivity contribution >= 4 is 16.7 Å². The summed E-state index contributed by atoms with van der Waals surface area (Å²) in [6.45, 7) is 0. The molecule has 0 radical (unpaired) electrons. The first-order valence-electron chi connectivity index (χ1n) is 8.56. The van der Waals surface area contributed by atoms with Crippen LogP contribution < -0.4 is 4.74 Å². The number of hydrogen-bond donors (Lipinski definition) is 1. The van der Waals surface area contributed by atoms with Gasteiger partial charge in [-0.05, 0) is 65.8 Å². The molecule has 0 unspecified atom stereocenters. The van der Waals surface area contributed by atoms with E-state index in [4.69, 9.17) is 9.84 Å². The third kappa shape index (κ3) is 4.00. The number of benzene rings is 3. The molecule has 0 aliphatic heterocycles. The fourth-order valence-electron chi connectivity index (χ4n) is 3.26. The smallest absolute Gasteiger partial charge is 0.335 e. The van der Waals surface area contributed by atoms with E-state index in [1.807, 2.05) is 30.3 Å². The molecule has 1 aliphatic rings. The van der Waals surface area contributed by atoms with Crippen LogP contribution in [-0.4, -0.2) is 18.2 Å². The zero-order valence-corrected chi connectivity index (χ0v) is 14.4. The molecule has 3 heteroatoms. The quantitative estimate of drug-likeness (QED) is 0.708. The number of aromatic carboxylic acids is 1. The van der Waals surface area contributed by atoms with Gasteiger partial charge >= 0.3 is 5.97 Å². The number of methoxy groups -OCH3 is 1. The van der Waals surface area contributed by atoms with Gasteiger partial charge in [0.1, 0.15) is 5.75 Å². The summed E-state index contributed by atoms with van der Waals surface area (Å²) >= 11 is 0. The van der Waals surface area contributed by atoms with Crippen LogP contribution in [0, 0.1) is 0 Å². The fraction of sp³-hybridized carbons (Fsp3) is 0.227. The van der Waals surface area contributed by atoms with Crippen molar-refractivity contribution in [3.05, 3.63) is 77.4 Å². The van der Waals surface area contributed by atoms with Gasteiger partial charge in [0.25, 0.3) is 0 Å². The minimum atomic E-state index is -0.884. The maximum absolute atomic E-state index is 10.6. The van der Waals surface area contributed by atoms with Gasteiger partial charge in [0, 0.05) is 0 Å². The highest BCUT2D eigenvalue weighted by molar-refractivity contribution is 5.94. The average molecular weight is 334 g/mol. The molecule has 0 aromatic heterocycles. The molecule has 1 N–H and O–H groups in total. The minimum Gasteiger partial charge on any atom is -0.496 e. The van der Waals surface area contributed by atoms with E-state index in [1.54, 1.807) is 19.2 Å². The van der Waals surface area contributed by atoms with Gasteiger partial charge in [0.2, 0.25) is 0 Å². The Morgan fingerprint density at radius 1 is 0.920 bits per heavy atom. The Kier molecular flexibility index (Phi) is 5.34. The summed E-state index contributed by atoms with van der Waals surface area (Å²) in [7, 11) is 1.75. The maximum Gasteiger partial charge on any atom is 0.335 e. The molecule has 25 heavy (non-hydrogen) atoms. The van der Waals surface area contributed by atoms with Gasteiger partial charge in [0.05, 0.1) is 12.7 Å². The van der Waals surface area contributed by atoms with E-state index in [2.05, 4.69) is 18.2 Å². The average Bonchev–Trinajstić information content (AvgIpc) is 2.67. The van der Waals surface area contributed by atoms with E-state index in [0.29, 0.717) is 5.56 Å². The largest absolute Gasteiger partial charge is 0.496 e. The standard InChI is InChI=1S/C11H8O2.C11H14O/c12-11(13)10-6-5-8-3-1-2-4-9(8)7-10;1-12-11-8-4-6-9-5-2-3-7-10(9)11/h1-7H,(H,12,13);4,6,8H,2-3,5,7H2,1H3. The van der Waals surface area contributed by atoms with Crippen LogP contribution in [0.2, 0.25) is 0 Å². The molecule has 0 heterocycles.